The Hall–Kier alpha value is -2.49. The molecule has 2 aromatic rings. The summed E-state index contributed by atoms with van der Waals surface area (Å²) in [7, 11) is 0. The first-order valence-corrected chi connectivity index (χ1v) is 9.62. The molecule has 26 heavy (non-hydrogen) atoms. The number of phenols is 1. The fraction of sp³-hybridized carbons (Fsp3) is 0.409. The van der Waals surface area contributed by atoms with Crippen molar-refractivity contribution in [2.24, 2.45) is 0 Å². The van der Waals surface area contributed by atoms with E-state index in [0.29, 0.717) is 25.3 Å². The van der Waals surface area contributed by atoms with Crippen LogP contribution < -0.4 is 4.90 Å². The molecule has 1 amide bonds. The standard InChI is InChI=1S/C22H26N2O2/c25-21-8-4-3-7-20(21)23-11-13-24(14-12-23)22(26)16-17-9-10-18-5-1-2-6-19(18)15-17/h3-4,7-10,15,25H,1-2,5-6,11-14,16H2. The number of nitrogens with zero attached hydrogens (tertiary/aromatic N) is 2. The lowest BCUT2D eigenvalue weighted by atomic mass is 9.90. The van der Waals surface area contributed by atoms with E-state index >= 15 is 0 Å². The molecule has 0 atom stereocenters. The third kappa shape index (κ3) is 3.55. The molecule has 1 heterocycles. The van der Waals surface area contributed by atoms with Crippen LogP contribution in [0.3, 0.4) is 0 Å². The Bertz CT molecular complexity index is 794. The minimum Gasteiger partial charge on any atom is -0.506 e. The summed E-state index contributed by atoms with van der Waals surface area (Å²) in [6.07, 6.45) is 5.36. The predicted molar refractivity (Wildman–Crippen MR) is 104 cm³/mol. The number of aryl methyl sites for hydroxylation is 2. The Morgan fingerprint density at radius 3 is 2.42 bits per heavy atom. The number of hydrogen-bond acceptors (Lipinski definition) is 3. The van der Waals surface area contributed by atoms with Crippen LogP contribution in [0.5, 0.6) is 5.75 Å². The van der Waals surface area contributed by atoms with Gasteiger partial charge in [-0.25, -0.2) is 0 Å². The van der Waals surface area contributed by atoms with Crippen LogP contribution in [0.2, 0.25) is 0 Å². The number of aromatic hydroxyl groups is 1. The number of hydrogen-bond donors (Lipinski definition) is 1. The third-order valence-corrected chi connectivity index (χ3v) is 5.62. The van der Waals surface area contributed by atoms with E-state index in [-0.39, 0.29) is 5.91 Å². The van der Waals surface area contributed by atoms with Gasteiger partial charge in [-0.2, -0.15) is 0 Å². The second-order valence-corrected chi connectivity index (χ2v) is 7.34. The third-order valence-electron chi connectivity index (χ3n) is 5.62. The van der Waals surface area contributed by atoms with Crippen molar-refractivity contribution in [1.29, 1.82) is 0 Å². The molecule has 0 spiro atoms. The summed E-state index contributed by atoms with van der Waals surface area (Å²) < 4.78 is 0. The van der Waals surface area contributed by atoms with Crippen molar-refractivity contribution in [1.82, 2.24) is 4.90 Å². The van der Waals surface area contributed by atoms with Gasteiger partial charge in [-0.15, -0.1) is 0 Å². The number of fused-ring (bicyclic) bond motifs is 1. The Kier molecular flexibility index (Phi) is 4.83. The molecule has 0 aromatic heterocycles. The highest BCUT2D eigenvalue weighted by atomic mass is 16.3. The number of carbonyl (C=O) groups excluding carboxylic acids is 1. The molecule has 1 aliphatic carbocycles. The topological polar surface area (TPSA) is 43.8 Å². The second kappa shape index (κ2) is 7.40. The zero-order chi connectivity index (χ0) is 17.9. The fourth-order valence-corrected chi connectivity index (χ4v) is 4.11. The van der Waals surface area contributed by atoms with Crippen molar-refractivity contribution in [3.05, 3.63) is 59.2 Å². The zero-order valence-corrected chi connectivity index (χ0v) is 15.2. The molecular formula is C22H26N2O2. The maximum atomic E-state index is 12.7. The Balaban J connectivity index is 1.36. The first-order valence-electron chi connectivity index (χ1n) is 9.62. The van der Waals surface area contributed by atoms with E-state index in [1.165, 1.54) is 30.4 Å². The van der Waals surface area contributed by atoms with Gasteiger partial charge in [-0.1, -0.05) is 30.3 Å². The Morgan fingerprint density at radius 1 is 0.923 bits per heavy atom. The lowest BCUT2D eigenvalue weighted by Gasteiger charge is -2.36. The zero-order valence-electron chi connectivity index (χ0n) is 15.2. The highest BCUT2D eigenvalue weighted by molar-refractivity contribution is 5.79. The van der Waals surface area contributed by atoms with Crippen LogP contribution in [0.1, 0.15) is 29.5 Å². The van der Waals surface area contributed by atoms with Crippen LogP contribution in [0, 0.1) is 0 Å². The van der Waals surface area contributed by atoms with Crippen molar-refractivity contribution < 1.29 is 9.90 Å². The summed E-state index contributed by atoms with van der Waals surface area (Å²) in [6.45, 7) is 2.93. The number of carbonyl (C=O) groups is 1. The molecule has 0 saturated carbocycles. The Labute approximate surface area is 155 Å². The largest absolute Gasteiger partial charge is 0.506 e. The molecule has 4 heteroatoms. The number of rotatable bonds is 3. The minimum atomic E-state index is 0.206. The van der Waals surface area contributed by atoms with Crippen molar-refractivity contribution in [3.8, 4) is 5.75 Å². The number of anilines is 1. The molecule has 1 fully saturated rings. The number of amides is 1. The van der Waals surface area contributed by atoms with Crippen LogP contribution in [0.25, 0.3) is 0 Å². The maximum absolute atomic E-state index is 12.7. The van der Waals surface area contributed by atoms with Gasteiger partial charge in [-0.3, -0.25) is 4.79 Å². The quantitative estimate of drug-likeness (QED) is 0.925. The highest BCUT2D eigenvalue weighted by Gasteiger charge is 2.23. The monoisotopic (exact) mass is 350 g/mol. The molecule has 0 unspecified atom stereocenters. The van der Waals surface area contributed by atoms with Gasteiger partial charge in [0, 0.05) is 26.2 Å². The average molecular weight is 350 g/mol. The molecule has 0 bridgehead atoms. The van der Waals surface area contributed by atoms with Gasteiger partial charge >= 0.3 is 0 Å². The van der Waals surface area contributed by atoms with Gasteiger partial charge in [0.25, 0.3) is 0 Å². The molecule has 0 radical (unpaired) electrons. The van der Waals surface area contributed by atoms with Gasteiger partial charge < -0.3 is 14.9 Å². The van der Waals surface area contributed by atoms with E-state index in [2.05, 4.69) is 23.1 Å². The molecule has 1 N–H and O–H groups in total. The van der Waals surface area contributed by atoms with Gasteiger partial charge in [0.05, 0.1) is 12.1 Å². The summed E-state index contributed by atoms with van der Waals surface area (Å²) in [5, 5.41) is 10.0. The van der Waals surface area contributed by atoms with Gasteiger partial charge in [0.15, 0.2) is 0 Å². The first kappa shape index (κ1) is 17.0. The summed E-state index contributed by atoms with van der Waals surface area (Å²) in [5.74, 6) is 0.513. The SMILES string of the molecule is O=C(Cc1ccc2c(c1)CCCC2)N1CCN(c2ccccc2O)CC1. The van der Waals surface area contributed by atoms with Gasteiger partial charge in [-0.05, 0) is 54.5 Å². The second-order valence-electron chi connectivity index (χ2n) is 7.34. The van der Waals surface area contributed by atoms with E-state index in [0.717, 1.165) is 30.8 Å². The normalized spacial score (nSPS) is 17.1. The maximum Gasteiger partial charge on any atom is 0.227 e. The summed E-state index contributed by atoms with van der Waals surface area (Å²) in [5.41, 5.74) is 4.89. The molecular weight excluding hydrogens is 324 g/mol. The lowest BCUT2D eigenvalue weighted by molar-refractivity contribution is -0.130. The van der Waals surface area contributed by atoms with Crippen molar-refractivity contribution >= 4 is 11.6 Å². The molecule has 2 aliphatic rings. The molecule has 2 aromatic carbocycles. The number of benzene rings is 2. The number of phenolic OH excluding ortho intramolecular Hbond substituents is 1. The van der Waals surface area contributed by atoms with Crippen molar-refractivity contribution in [3.63, 3.8) is 0 Å². The molecule has 1 saturated heterocycles. The molecule has 1 aliphatic heterocycles. The van der Waals surface area contributed by atoms with Crippen LogP contribution >= 0.6 is 0 Å². The summed E-state index contributed by atoms with van der Waals surface area (Å²) >= 11 is 0. The smallest absolute Gasteiger partial charge is 0.227 e. The molecule has 4 nitrogen and oxygen atoms in total. The summed E-state index contributed by atoms with van der Waals surface area (Å²) in [6, 6.07) is 14.0. The van der Waals surface area contributed by atoms with Crippen LogP contribution in [0.15, 0.2) is 42.5 Å². The molecule has 136 valence electrons. The van der Waals surface area contributed by atoms with Crippen LogP contribution in [0.4, 0.5) is 5.69 Å². The van der Waals surface area contributed by atoms with E-state index in [1.807, 2.05) is 23.1 Å². The Morgan fingerprint density at radius 2 is 1.65 bits per heavy atom. The number of piperazine rings is 1. The van der Waals surface area contributed by atoms with E-state index in [4.69, 9.17) is 0 Å². The van der Waals surface area contributed by atoms with Crippen LogP contribution in [-0.4, -0.2) is 42.1 Å². The summed E-state index contributed by atoms with van der Waals surface area (Å²) in [4.78, 5) is 16.8. The van der Waals surface area contributed by atoms with E-state index in [1.54, 1.807) is 6.07 Å². The average Bonchev–Trinajstić information content (AvgIpc) is 2.68. The van der Waals surface area contributed by atoms with Crippen molar-refractivity contribution in [2.45, 2.75) is 32.1 Å². The van der Waals surface area contributed by atoms with Crippen molar-refractivity contribution in [2.75, 3.05) is 31.1 Å². The lowest BCUT2D eigenvalue weighted by Crippen LogP contribution is -2.49. The number of para-hydroxylation sites is 2. The fourth-order valence-electron chi connectivity index (χ4n) is 4.11. The van der Waals surface area contributed by atoms with E-state index in [9.17, 15) is 9.90 Å². The first-order chi connectivity index (χ1) is 12.7. The highest BCUT2D eigenvalue weighted by Crippen LogP contribution is 2.27. The predicted octanol–water partition coefficient (Wildman–Crippen LogP) is 3.16. The molecule has 4 rings (SSSR count). The van der Waals surface area contributed by atoms with E-state index < -0.39 is 0 Å². The van der Waals surface area contributed by atoms with Crippen LogP contribution in [-0.2, 0) is 24.1 Å². The minimum absolute atomic E-state index is 0.206. The van der Waals surface area contributed by atoms with Gasteiger partial charge in [0.2, 0.25) is 5.91 Å². The van der Waals surface area contributed by atoms with Gasteiger partial charge in [0.1, 0.15) is 5.75 Å².